The standard InChI is InChI=1S/C19H35NO/c1-5-12-20-13-11-19(8-6-9-19)21-16-14-15-7-10-18(16,4)17(15,2)3/h15-16,20H,5-14H2,1-4H3. The monoisotopic (exact) mass is 293 g/mol. The molecule has 0 heterocycles. The number of nitrogens with one attached hydrogen (secondary N) is 1. The molecule has 2 heteroatoms. The fraction of sp³-hybridized carbons (Fsp3) is 1.00. The Morgan fingerprint density at radius 1 is 1.10 bits per heavy atom. The minimum Gasteiger partial charge on any atom is -0.371 e. The first-order valence-electron chi connectivity index (χ1n) is 9.32. The van der Waals surface area contributed by atoms with Gasteiger partial charge in [0.1, 0.15) is 0 Å². The van der Waals surface area contributed by atoms with Gasteiger partial charge in [0, 0.05) is 0 Å². The van der Waals surface area contributed by atoms with Crippen LogP contribution in [-0.4, -0.2) is 24.8 Å². The summed E-state index contributed by atoms with van der Waals surface area (Å²) in [6, 6.07) is 0. The molecule has 0 aromatic rings. The lowest BCUT2D eigenvalue weighted by molar-refractivity contribution is -0.180. The Labute approximate surface area is 131 Å². The molecule has 3 aliphatic rings. The van der Waals surface area contributed by atoms with E-state index >= 15 is 0 Å². The molecule has 0 amide bonds. The maximum absolute atomic E-state index is 6.85. The van der Waals surface area contributed by atoms with Gasteiger partial charge in [-0.15, -0.1) is 0 Å². The summed E-state index contributed by atoms with van der Waals surface area (Å²) in [7, 11) is 0. The molecule has 3 rings (SSSR count). The van der Waals surface area contributed by atoms with Crippen LogP contribution in [0.4, 0.5) is 0 Å². The van der Waals surface area contributed by atoms with Crippen LogP contribution in [-0.2, 0) is 4.74 Å². The number of hydrogen-bond donors (Lipinski definition) is 1. The molecule has 21 heavy (non-hydrogen) atoms. The second-order valence-corrected chi connectivity index (χ2v) is 8.75. The second-order valence-electron chi connectivity index (χ2n) is 8.75. The Kier molecular flexibility index (Phi) is 4.16. The van der Waals surface area contributed by atoms with Gasteiger partial charge in [0.2, 0.25) is 0 Å². The number of ether oxygens (including phenoxy) is 1. The minimum atomic E-state index is 0.217. The van der Waals surface area contributed by atoms with E-state index < -0.39 is 0 Å². The maximum Gasteiger partial charge on any atom is 0.0698 e. The molecule has 0 aromatic carbocycles. The first-order chi connectivity index (χ1) is 9.94. The normalized spacial score (nSPS) is 39.4. The summed E-state index contributed by atoms with van der Waals surface area (Å²) in [6.45, 7) is 12.0. The highest BCUT2D eigenvalue weighted by molar-refractivity contribution is 5.12. The smallest absolute Gasteiger partial charge is 0.0698 e. The van der Waals surface area contributed by atoms with Crippen LogP contribution in [0, 0.1) is 16.7 Å². The number of rotatable bonds is 7. The first kappa shape index (κ1) is 15.8. The van der Waals surface area contributed by atoms with E-state index in [0.29, 0.717) is 16.9 Å². The number of fused-ring (bicyclic) bond motifs is 2. The summed E-state index contributed by atoms with van der Waals surface area (Å²) in [6.07, 6.45) is 11.0. The summed E-state index contributed by atoms with van der Waals surface area (Å²) in [5.41, 5.74) is 1.11. The van der Waals surface area contributed by atoms with Crippen LogP contribution >= 0.6 is 0 Å². The Balaban J connectivity index is 1.60. The molecule has 0 aliphatic heterocycles. The van der Waals surface area contributed by atoms with Crippen molar-refractivity contribution in [3.05, 3.63) is 0 Å². The molecule has 2 bridgehead atoms. The highest BCUT2D eigenvalue weighted by Crippen LogP contribution is 2.67. The average molecular weight is 293 g/mol. The molecule has 122 valence electrons. The van der Waals surface area contributed by atoms with Gasteiger partial charge in [-0.3, -0.25) is 0 Å². The van der Waals surface area contributed by atoms with E-state index in [1.165, 1.54) is 51.4 Å². The molecule has 0 saturated heterocycles. The zero-order valence-corrected chi connectivity index (χ0v) is 14.6. The van der Waals surface area contributed by atoms with Crippen molar-refractivity contribution in [1.29, 1.82) is 0 Å². The third-order valence-corrected chi connectivity index (χ3v) is 7.56. The molecule has 3 unspecified atom stereocenters. The first-order valence-corrected chi connectivity index (χ1v) is 9.32. The van der Waals surface area contributed by atoms with Crippen molar-refractivity contribution in [3.63, 3.8) is 0 Å². The molecule has 0 radical (unpaired) electrons. The van der Waals surface area contributed by atoms with Gasteiger partial charge in [-0.1, -0.05) is 27.7 Å². The van der Waals surface area contributed by atoms with Crippen LogP contribution in [0.2, 0.25) is 0 Å². The summed E-state index contributed by atoms with van der Waals surface area (Å²) < 4.78 is 6.85. The van der Waals surface area contributed by atoms with Crippen molar-refractivity contribution in [2.24, 2.45) is 16.7 Å². The molecular weight excluding hydrogens is 258 g/mol. The molecule has 0 spiro atoms. The van der Waals surface area contributed by atoms with Gasteiger partial charge in [-0.05, 0) is 81.2 Å². The highest BCUT2D eigenvalue weighted by atomic mass is 16.5. The number of hydrogen-bond acceptors (Lipinski definition) is 2. The van der Waals surface area contributed by atoms with Crippen LogP contribution < -0.4 is 5.32 Å². The maximum atomic E-state index is 6.85. The topological polar surface area (TPSA) is 21.3 Å². The van der Waals surface area contributed by atoms with E-state index in [1.807, 2.05) is 0 Å². The SMILES string of the molecule is CCCNCCC1(OC2CC3CCC2(C)C3(C)C)CCC1. The van der Waals surface area contributed by atoms with Gasteiger partial charge in [0.15, 0.2) is 0 Å². The van der Waals surface area contributed by atoms with E-state index in [-0.39, 0.29) is 5.60 Å². The predicted molar refractivity (Wildman–Crippen MR) is 88.5 cm³/mol. The van der Waals surface area contributed by atoms with E-state index in [1.54, 1.807) is 0 Å². The molecule has 0 aromatic heterocycles. The lowest BCUT2D eigenvalue weighted by atomic mass is 9.69. The van der Waals surface area contributed by atoms with Gasteiger partial charge >= 0.3 is 0 Å². The molecule has 3 saturated carbocycles. The fourth-order valence-electron chi connectivity index (χ4n) is 5.23. The van der Waals surface area contributed by atoms with Crippen molar-refractivity contribution >= 4 is 0 Å². The third kappa shape index (κ3) is 2.47. The largest absolute Gasteiger partial charge is 0.371 e. The summed E-state index contributed by atoms with van der Waals surface area (Å²) >= 11 is 0. The van der Waals surface area contributed by atoms with E-state index in [2.05, 4.69) is 33.0 Å². The van der Waals surface area contributed by atoms with Crippen LogP contribution in [0.5, 0.6) is 0 Å². The van der Waals surface area contributed by atoms with Crippen molar-refractivity contribution in [2.75, 3.05) is 13.1 Å². The zero-order valence-electron chi connectivity index (χ0n) is 14.6. The van der Waals surface area contributed by atoms with Crippen LogP contribution in [0.25, 0.3) is 0 Å². The average Bonchev–Trinajstić information content (AvgIpc) is 2.73. The minimum absolute atomic E-state index is 0.217. The van der Waals surface area contributed by atoms with E-state index in [9.17, 15) is 0 Å². The summed E-state index contributed by atoms with van der Waals surface area (Å²) in [5, 5.41) is 3.56. The van der Waals surface area contributed by atoms with E-state index in [0.717, 1.165) is 19.0 Å². The molecule has 1 N–H and O–H groups in total. The zero-order chi connectivity index (χ0) is 15.1. The van der Waals surface area contributed by atoms with Crippen LogP contribution in [0.1, 0.15) is 79.1 Å². The second kappa shape index (κ2) is 5.53. The summed E-state index contributed by atoms with van der Waals surface area (Å²) in [4.78, 5) is 0. The van der Waals surface area contributed by atoms with Crippen LogP contribution in [0.3, 0.4) is 0 Å². The molecule has 3 atom stereocenters. The van der Waals surface area contributed by atoms with Gasteiger partial charge in [0.05, 0.1) is 11.7 Å². The van der Waals surface area contributed by atoms with Crippen molar-refractivity contribution < 1.29 is 4.74 Å². The highest BCUT2D eigenvalue weighted by Gasteiger charge is 2.63. The van der Waals surface area contributed by atoms with Crippen molar-refractivity contribution in [3.8, 4) is 0 Å². The Morgan fingerprint density at radius 3 is 2.33 bits per heavy atom. The van der Waals surface area contributed by atoms with Gasteiger partial charge < -0.3 is 10.1 Å². The quantitative estimate of drug-likeness (QED) is 0.696. The van der Waals surface area contributed by atoms with Gasteiger partial charge in [0.25, 0.3) is 0 Å². The molecular formula is C19H35NO. The molecule has 3 aliphatic carbocycles. The summed E-state index contributed by atoms with van der Waals surface area (Å²) in [5.74, 6) is 0.892. The van der Waals surface area contributed by atoms with Gasteiger partial charge in [-0.25, -0.2) is 0 Å². The molecule has 3 fully saturated rings. The third-order valence-electron chi connectivity index (χ3n) is 7.56. The Bertz CT molecular complexity index is 374. The molecule has 2 nitrogen and oxygen atoms in total. The predicted octanol–water partition coefficient (Wildman–Crippen LogP) is 4.53. The van der Waals surface area contributed by atoms with E-state index in [4.69, 9.17) is 4.74 Å². The Morgan fingerprint density at radius 2 is 1.86 bits per heavy atom. The Hall–Kier alpha value is -0.0800. The van der Waals surface area contributed by atoms with Crippen LogP contribution in [0.15, 0.2) is 0 Å². The lowest BCUT2D eigenvalue weighted by Crippen LogP contribution is -2.49. The van der Waals surface area contributed by atoms with Crippen molar-refractivity contribution in [2.45, 2.75) is 90.8 Å². The van der Waals surface area contributed by atoms with Crippen molar-refractivity contribution in [1.82, 2.24) is 5.32 Å². The fourth-order valence-corrected chi connectivity index (χ4v) is 5.23. The lowest BCUT2D eigenvalue weighted by Gasteiger charge is -2.48. The van der Waals surface area contributed by atoms with Gasteiger partial charge in [-0.2, -0.15) is 0 Å².